The van der Waals surface area contributed by atoms with E-state index in [9.17, 15) is 9.18 Å². The molecule has 1 fully saturated rings. The molecule has 1 amide bonds. The topological polar surface area (TPSA) is 114 Å². The molecular weight excluding hydrogens is 359 g/mol. The van der Waals surface area contributed by atoms with Crippen LogP contribution in [-0.2, 0) is 4.79 Å². The second kappa shape index (κ2) is 6.94. The van der Waals surface area contributed by atoms with E-state index in [2.05, 4.69) is 20.3 Å². The molecule has 0 spiro atoms. The summed E-state index contributed by atoms with van der Waals surface area (Å²) in [5.74, 6) is 0.381. The van der Waals surface area contributed by atoms with Gasteiger partial charge in [0.1, 0.15) is 5.82 Å². The number of amides is 1. The maximum Gasteiger partial charge on any atom is 0.233 e. The first-order valence-corrected chi connectivity index (χ1v) is 9.22. The average molecular weight is 376 g/mol. The van der Waals surface area contributed by atoms with E-state index < -0.39 is 0 Å². The van der Waals surface area contributed by atoms with Gasteiger partial charge in [0.25, 0.3) is 0 Å². The molecule has 0 unspecified atom stereocenters. The number of nitrogen functional groups attached to an aromatic ring is 1. The van der Waals surface area contributed by atoms with E-state index in [1.165, 1.54) is 23.9 Å². The fourth-order valence-electron chi connectivity index (χ4n) is 3.17. The predicted molar refractivity (Wildman–Crippen MR) is 94.0 cm³/mol. The monoisotopic (exact) mass is 376 g/mol. The molecule has 0 aliphatic carbocycles. The number of nitrogens with two attached hydrogens (primary N) is 1. The van der Waals surface area contributed by atoms with Crippen molar-refractivity contribution in [1.29, 1.82) is 0 Å². The number of nitrogens with zero attached hydrogens (tertiary/aromatic N) is 4. The molecule has 3 heterocycles. The maximum atomic E-state index is 13.5. The lowest BCUT2D eigenvalue weighted by Gasteiger charge is -2.31. The minimum atomic E-state index is -0.306. The molecule has 0 saturated carbocycles. The van der Waals surface area contributed by atoms with Crippen molar-refractivity contribution in [3.05, 3.63) is 29.7 Å². The van der Waals surface area contributed by atoms with E-state index in [-0.39, 0.29) is 29.3 Å². The van der Waals surface area contributed by atoms with Crippen LogP contribution < -0.4 is 5.73 Å². The van der Waals surface area contributed by atoms with Crippen LogP contribution in [-0.4, -0.2) is 50.0 Å². The zero-order valence-corrected chi connectivity index (χ0v) is 14.6. The Kier molecular flexibility index (Phi) is 4.49. The number of piperidine rings is 1. The minimum Gasteiger partial charge on any atom is -0.368 e. The molecule has 3 aromatic rings. The highest BCUT2D eigenvalue weighted by Crippen LogP contribution is 2.33. The molecule has 10 heteroatoms. The summed E-state index contributed by atoms with van der Waals surface area (Å²) in [5, 5.41) is 11.7. The van der Waals surface area contributed by atoms with Crippen LogP contribution in [0.25, 0.3) is 11.0 Å². The number of benzene rings is 1. The molecule has 1 aliphatic rings. The first-order valence-electron chi connectivity index (χ1n) is 8.23. The molecule has 1 aliphatic heterocycles. The van der Waals surface area contributed by atoms with Crippen molar-refractivity contribution < 1.29 is 13.7 Å². The standard InChI is InChI=1S/C16H17FN6O2S/c17-10-1-2-12-11(7-10)14(22-25-12)9-3-5-23(6-4-9)13(24)8-26-16-19-15(18)20-21-16/h1-2,7,9H,3-6,8H2,(H3,18,19,20,21). The molecule has 1 aromatic carbocycles. The van der Waals surface area contributed by atoms with E-state index in [1.54, 1.807) is 6.07 Å². The van der Waals surface area contributed by atoms with Crippen molar-refractivity contribution in [2.75, 3.05) is 24.6 Å². The van der Waals surface area contributed by atoms with Crippen LogP contribution in [0.3, 0.4) is 0 Å². The Balaban J connectivity index is 1.36. The quantitative estimate of drug-likeness (QED) is 0.671. The van der Waals surface area contributed by atoms with Gasteiger partial charge in [-0.05, 0) is 31.0 Å². The van der Waals surface area contributed by atoms with Gasteiger partial charge in [-0.15, -0.1) is 5.10 Å². The number of aromatic nitrogens is 4. The van der Waals surface area contributed by atoms with E-state index in [0.29, 0.717) is 29.2 Å². The highest BCUT2D eigenvalue weighted by atomic mass is 32.2. The Morgan fingerprint density at radius 1 is 1.42 bits per heavy atom. The molecule has 1 saturated heterocycles. The third kappa shape index (κ3) is 3.36. The first-order chi connectivity index (χ1) is 12.6. The number of fused-ring (bicyclic) bond motifs is 1. The predicted octanol–water partition coefficient (Wildman–Crippen LogP) is 2.17. The number of carbonyl (C=O) groups is 1. The number of carbonyl (C=O) groups excluding carboxylic acids is 1. The number of hydrogen-bond acceptors (Lipinski definition) is 7. The van der Waals surface area contributed by atoms with Crippen LogP contribution in [0.5, 0.6) is 0 Å². The van der Waals surface area contributed by atoms with Gasteiger partial charge in [-0.25, -0.2) is 9.49 Å². The molecule has 8 nitrogen and oxygen atoms in total. The van der Waals surface area contributed by atoms with Gasteiger partial charge in [-0.2, -0.15) is 4.98 Å². The maximum absolute atomic E-state index is 13.5. The summed E-state index contributed by atoms with van der Waals surface area (Å²) in [7, 11) is 0. The second-order valence-corrected chi connectivity index (χ2v) is 7.10. The highest BCUT2D eigenvalue weighted by Gasteiger charge is 2.27. The van der Waals surface area contributed by atoms with Crippen LogP contribution in [0, 0.1) is 5.82 Å². The molecule has 26 heavy (non-hydrogen) atoms. The number of likely N-dealkylation sites (tertiary alicyclic amines) is 1. The zero-order valence-electron chi connectivity index (χ0n) is 13.8. The van der Waals surface area contributed by atoms with Gasteiger partial charge < -0.3 is 15.2 Å². The second-order valence-electron chi connectivity index (χ2n) is 6.16. The Labute approximate surface area is 152 Å². The van der Waals surface area contributed by atoms with Crippen molar-refractivity contribution in [2.24, 2.45) is 0 Å². The lowest BCUT2D eigenvalue weighted by molar-refractivity contribution is -0.129. The highest BCUT2D eigenvalue weighted by molar-refractivity contribution is 7.99. The lowest BCUT2D eigenvalue weighted by Crippen LogP contribution is -2.39. The summed E-state index contributed by atoms with van der Waals surface area (Å²) in [6.07, 6.45) is 1.53. The molecular formula is C16H17FN6O2S. The summed E-state index contributed by atoms with van der Waals surface area (Å²) < 4.78 is 18.8. The fraction of sp³-hybridized carbons (Fsp3) is 0.375. The molecule has 0 radical (unpaired) electrons. The summed E-state index contributed by atoms with van der Waals surface area (Å²) >= 11 is 1.25. The molecule has 136 valence electrons. The first kappa shape index (κ1) is 16.8. The zero-order chi connectivity index (χ0) is 18.1. The number of nitrogens with one attached hydrogen (secondary N) is 1. The van der Waals surface area contributed by atoms with E-state index in [1.807, 2.05) is 4.90 Å². The van der Waals surface area contributed by atoms with Crippen molar-refractivity contribution >= 4 is 34.6 Å². The number of aromatic amines is 1. The van der Waals surface area contributed by atoms with Crippen LogP contribution in [0.2, 0.25) is 0 Å². The average Bonchev–Trinajstić information content (AvgIpc) is 3.25. The third-order valence-corrected chi connectivity index (χ3v) is 5.33. The van der Waals surface area contributed by atoms with Gasteiger partial charge in [0, 0.05) is 24.4 Å². The van der Waals surface area contributed by atoms with Crippen molar-refractivity contribution in [3.8, 4) is 0 Å². The number of hydrogen-bond donors (Lipinski definition) is 2. The number of rotatable bonds is 4. The fourth-order valence-corrected chi connectivity index (χ4v) is 3.87. The molecule has 2 aromatic heterocycles. The SMILES string of the molecule is Nc1nc(SCC(=O)N2CCC(c3noc4ccc(F)cc34)CC2)n[nH]1. The van der Waals surface area contributed by atoms with Gasteiger partial charge in [0.05, 0.1) is 11.4 Å². The Hall–Kier alpha value is -2.62. The largest absolute Gasteiger partial charge is 0.368 e. The van der Waals surface area contributed by atoms with Crippen molar-refractivity contribution in [2.45, 2.75) is 23.9 Å². The Bertz CT molecular complexity index is 934. The minimum absolute atomic E-state index is 0.0351. The number of H-pyrrole nitrogens is 1. The normalized spacial score (nSPS) is 15.7. The lowest BCUT2D eigenvalue weighted by atomic mass is 9.91. The smallest absolute Gasteiger partial charge is 0.233 e. The Morgan fingerprint density at radius 2 is 2.23 bits per heavy atom. The summed E-state index contributed by atoms with van der Waals surface area (Å²) in [6, 6.07) is 4.41. The molecule has 0 bridgehead atoms. The van der Waals surface area contributed by atoms with Crippen LogP contribution in [0.4, 0.5) is 10.3 Å². The van der Waals surface area contributed by atoms with E-state index in [4.69, 9.17) is 10.3 Å². The van der Waals surface area contributed by atoms with Gasteiger partial charge in [0.15, 0.2) is 5.58 Å². The number of thioether (sulfide) groups is 1. The Morgan fingerprint density at radius 3 is 2.96 bits per heavy atom. The van der Waals surface area contributed by atoms with Crippen molar-refractivity contribution in [1.82, 2.24) is 25.2 Å². The number of anilines is 1. The van der Waals surface area contributed by atoms with Gasteiger partial charge >= 0.3 is 0 Å². The van der Waals surface area contributed by atoms with E-state index >= 15 is 0 Å². The summed E-state index contributed by atoms with van der Waals surface area (Å²) in [6.45, 7) is 1.26. The summed E-state index contributed by atoms with van der Waals surface area (Å²) in [5.41, 5.74) is 6.82. The van der Waals surface area contributed by atoms with Gasteiger partial charge in [0.2, 0.25) is 17.0 Å². The molecule has 4 rings (SSSR count). The third-order valence-electron chi connectivity index (χ3n) is 4.50. The van der Waals surface area contributed by atoms with Crippen LogP contribution in [0.1, 0.15) is 24.5 Å². The van der Waals surface area contributed by atoms with Gasteiger partial charge in [-0.1, -0.05) is 16.9 Å². The molecule has 0 atom stereocenters. The number of halogens is 1. The molecule has 3 N–H and O–H groups in total. The van der Waals surface area contributed by atoms with E-state index in [0.717, 1.165) is 18.5 Å². The van der Waals surface area contributed by atoms with Crippen molar-refractivity contribution in [3.63, 3.8) is 0 Å². The van der Waals surface area contributed by atoms with Crippen LogP contribution >= 0.6 is 11.8 Å². The van der Waals surface area contributed by atoms with Gasteiger partial charge in [-0.3, -0.25) is 4.79 Å². The van der Waals surface area contributed by atoms with Crippen LogP contribution in [0.15, 0.2) is 27.9 Å². The summed E-state index contributed by atoms with van der Waals surface area (Å²) in [4.78, 5) is 18.1.